The van der Waals surface area contributed by atoms with E-state index in [0.717, 1.165) is 30.0 Å². The highest BCUT2D eigenvalue weighted by Gasteiger charge is 2.35. The lowest BCUT2D eigenvalue weighted by atomic mass is 10.2. The lowest BCUT2D eigenvalue weighted by Gasteiger charge is -2.24. The van der Waals surface area contributed by atoms with Crippen molar-refractivity contribution in [3.05, 3.63) is 35.9 Å². The van der Waals surface area contributed by atoms with Gasteiger partial charge < -0.3 is 10.0 Å². The Morgan fingerprint density at radius 3 is 2.95 bits per heavy atom. The van der Waals surface area contributed by atoms with E-state index in [4.69, 9.17) is 0 Å². The molecule has 1 N–H and O–H groups in total. The molecule has 4 nitrogen and oxygen atoms in total. The first-order chi connectivity index (χ1) is 9.79. The van der Waals surface area contributed by atoms with Crippen molar-refractivity contribution in [1.29, 1.82) is 0 Å². The molecule has 1 aromatic rings. The molecule has 20 heavy (non-hydrogen) atoms. The Labute approximate surface area is 122 Å². The van der Waals surface area contributed by atoms with Gasteiger partial charge >= 0.3 is 0 Å². The summed E-state index contributed by atoms with van der Waals surface area (Å²) in [6.45, 7) is 0.808. The largest absolute Gasteiger partial charge is 0.394 e. The molecule has 0 radical (unpaired) electrons. The van der Waals surface area contributed by atoms with Crippen molar-refractivity contribution in [3.8, 4) is 0 Å². The molecule has 2 heterocycles. The van der Waals surface area contributed by atoms with Crippen molar-refractivity contribution < 1.29 is 9.90 Å². The van der Waals surface area contributed by atoms with E-state index in [1.807, 2.05) is 35.2 Å². The second kappa shape index (κ2) is 5.97. The van der Waals surface area contributed by atoms with Gasteiger partial charge in [0.15, 0.2) is 0 Å². The number of aliphatic hydroxyl groups excluding tert-OH is 1. The van der Waals surface area contributed by atoms with Gasteiger partial charge in [-0.1, -0.05) is 30.3 Å². The van der Waals surface area contributed by atoms with Gasteiger partial charge in [0, 0.05) is 17.9 Å². The van der Waals surface area contributed by atoms with Crippen molar-refractivity contribution in [2.45, 2.75) is 24.9 Å². The molecule has 0 saturated carbocycles. The van der Waals surface area contributed by atoms with Gasteiger partial charge in [-0.3, -0.25) is 9.79 Å². The zero-order valence-corrected chi connectivity index (χ0v) is 12.1. The third-order valence-corrected chi connectivity index (χ3v) is 4.92. The molecule has 1 amide bonds. The van der Waals surface area contributed by atoms with E-state index >= 15 is 0 Å². The van der Waals surface area contributed by atoms with Crippen molar-refractivity contribution in [2.75, 3.05) is 18.9 Å². The summed E-state index contributed by atoms with van der Waals surface area (Å²) in [6, 6.07) is 9.68. The number of hydrogen-bond donors (Lipinski definition) is 1. The van der Waals surface area contributed by atoms with Crippen LogP contribution in [0.1, 0.15) is 18.4 Å². The fraction of sp³-hybridized carbons (Fsp3) is 0.467. The van der Waals surface area contributed by atoms with Crippen LogP contribution in [-0.4, -0.2) is 51.9 Å². The number of benzene rings is 1. The average molecular weight is 290 g/mol. The van der Waals surface area contributed by atoms with Gasteiger partial charge in [0.25, 0.3) is 0 Å². The smallest absolute Gasteiger partial charge is 0.248 e. The van der Waals surface area contributed by atoms with Gasteiger partial charge in [-0.05, 0) is 12.8 Å². The number of aliphatic hydroxyl groups is 1. The number of carbonyl (C=O) groups excluding carboxylic acids is 1. The standard InChI is InChI=1S/C15H18N2O2S/c18-9-12-7-4-8-17(12)15(19)13-10-20-14(16-13)11-5-2-1-3-6-11/h1-3,5-6,12-13,18H,4,7-10H2/t12-,13?/m0/s1. The lowest BCUT2D eigenvalue weighted by Crippen LogP contribution is -2.43. The summed E-state index contributed by atoms with van der Waals surface area (Å²) in [5, 5.41) is 10.3. The maximum absolute atomic E-state index is 12.5. The number of thioether (sulfide) groups is 1. The first kappa shape index (κ1) is 13.6. The molecule has 1 saturated heterocycles. The van der Waals surface area contributed by atoms with Crippen molar-refractivity contribution in [1.82, 2.24) is 4.90 Å². The van der Waals surface area contributed by atoms with Crippen LogP contribution in [0.4, 0.5) is 0 Å². The second-order valence-electron chi connectivity index (χ2n) is 5.14. The summed E-state index contributed by atoms with van der Waals surface area (Å²) in [5.41, 5.74) is 1.08. The minimum absolute atomic E-state index is 0.0107. The van der Waals surface area contributed by atoms with Gasteiger partial charge in [0.2, 0.25) is 5.91 Å². The van der Waals surface area contributed by atoms with Crippen molar-refractivity contribution >= 4 is 22.7 Å². The molecular formula is C15H18N2O2S. The topological polar surface area (TPSA) is 52.9 Å². The molecule has 1 fully saturated rings. The Morgan fingerprint density at radius 2 is 2.20 bits per heavy atom. The molecule has 2 aliphatic rings. The molecule has 0 aliphatic carbocycles. The number of likely N-dealkylation sites (tertiary alicyclic amines) is 1. The van der Waals surface area contributed by atoms with Crippen molar-refractivity contribution in [3.63, 3.8) is 0 Å². The molecule has 2 atom stereocenters. The Bertz CT molecular complexity index is 518. The Kier molecular flexibility index (Phi) is 4.08. The van der Waals surface area contributed by atoms with Gasteiger partial charge in [-0.25, -0.2) is 0 Å². The SMILES string of the molecule is O=C(C1CSC(c2ccccc2)=N1)N1CCC[C@H]1CO. The van der Waals surface area contributed by atoms with Crippen LogP contribution in [0.25, 0.3) is 0 Å². The number of aliphatic imine (C=N–C) groups is 1. The molecule has 1 aromatic carbocycles. The monoisotopic (exact) mass is 290 g/mol. The summed E-state index contributed by atoms with van der Waals surface area (Å²) >= 11 is 1.64. The maximum Gasteiger partial charge on any atom is 0.248 e. The summed E-state index contributed by atoms with van der Waals surface area (Å²) in [7, 11) is 0. The molecule has 0 bridgehead atoms. The van der Waals surface area contributed by atoms with Crippen LogP contribution in [0, 0.1) is 0 Å². The number of rotatable bonds is 3. The molecule has 106 valence electrons. The highest BCUT2D eigenvalue weighted by Crippen LogP contribution is 2.26. The first-order valence-electron chi connectivity index (χ1n) is 6.97. The zero-order chi connectivity index (χ0) is 13.9. The fourth-order valence-electron chi connectivity index (χ4n) is 2.75. The van der Waals surface area contributed by atoms with Crippen LogP contribution in [0.3, 0.4) is 0 Å². The van der Waals surface area contributed by atoms with Gasteiger partial charge in [0.1, 0.15) is 6.04 Å². The summed E-state index contributed by atoms with van der Waals surface area (Å²) in [4.78, 5) is 18.9. The predicted octanol–water partition coefficient (Wildman–Crippen LogP) is 1.53. The van der Waals surface area contributed by atoms with E-state index in [0.29, 0.717) is 5.75 Å². The Hall–Kier alpha value is -1.33. The number of hydrogen-bond acceptors (Lipinski definition) is 4. The van der Waals surface area contributed by atoms with Crippen LogP contribution < -0.4 is 0 Å². The maximum atomic E-state index is 12.5. The summed E-state index contributed by atoms with van der Waals surface area (Å²) < 4.78 is 0. The van der Waals surface area contributed by atoms with Crippen LogP contribution in [0.5, 0.6) is 0 Å². The van der Waals surface area contributed by atoms with Gasteiger partial charge in [0.05, 0.1) is 17.7 Å². The molecule has 1 unspecified atom stereocenters. The third-order valence-electron chi connectivity index (χ3n) is 3.83. The van der Waals surface area contributed by atoms with Gasteiger partial charge in [-0.15, -0.1) is 11.8 Å². The van der Waals surface area contributed by atoms with Crippen LogP contribution in [0.15, 0.2) is 35.3 Å². The first-order valence-corrected chi connectivity index (χ1v) is 7.95. The molecular weight excluding hydrogens is 272 g/mol. The normalized spacial score (nSPS) is 25.9. The third kappa shape index (κ3) is 2.60. The molecule has 2 aliphatic heterocycles. The van der Waals surface area contributed by atoms with E-state index in [2.05, 4.69) is 4.99 Å². The molecule has 5 heteroatoms. The predicted molar refractivity (Wildman–Crippen MR) is 81.0 cm³/mol. The Morgan fingerprint density at radius 1 is 1.40 bits per heavy atom. The summed E-state index contributed by atoms with van der Waals surface area (Å²) in [6.07, 6.45) is 1.88. The van der Waals surface area contributed by atoms with Crippen LogP contribution in [0.2, 0.25) is 0 Å². The fourth-order valence-corrected chi connectivity index (χ4v) is 3.78. The zero-order valence-electron chi connectivity index (χ0n) is 11.2. The Balaban J connectivity index is 1.73. The van der Waals surface area contributed by atoms with E-state index < -0.39 is 0 Å². The van der Waals surface area contributed by atoms with E-state index in [1.54, 1.807) is 11.8 Å². The minimum Gasteiger partial charge on any atom is -0.394 e. The molecule has 3 rings (SSSR count). The van der Waals surface area contributed by atoms with Crippen molar-refractivity contribution in [2.24, 2.45) is 4.99 Å². The number of nitrogens with zero attached hydrogens (tertiary/aromatic N) is 2. The quantitative estimate of drug-likeness (QED) is 0.918. The minimum atomic E-state index is -0.289. The van der Waals surface area contributed by atoms with E-state index in [1.165, 1.54) is 0 Å². The highest BCUT2D eigenvalue weighted by molar-refractivity contribution is 8.14. The molecule has 0 spiro atoms. The van der Waals surface area contributed by atoms with E-state index in [-0.39, 0.29) is 24.6 Å². The van der Waals surface area contributed by atoms with E-state index in [9.17, 15) is 9.90 Å². The lowest BCUT2D eigenvalue weighted by molar-refractivity contribution is -0.133. The second-order valence-corrected chi connectivity index (χ2v) is 6.15. The molecule has 0 aromatic heterocycles. The number of amides is 1. The van der Waals surface area contributed by atoms with Crippen LogP contribution in [-0.2, 0) is 4.79 Å². The highest BCUT2D eigenvalue weighted by atomic mass is 32.2. The average Bonchev–Trinajstić information content (AvgIpc) is 3.16. The summed E-state index contributed by atoms with van der Waals surface area (Å²) in [5.74, 6) is 0.775. The van der Waals surface area contributed by atoms with Crippen LogP contribution >= 0.6 is 11.8 Å². The van der Waals surface area contributed by atoms with Gasteiger partial charge in [-0.2, -0.15) is 0 Å². The number of carbonyl (C=O) groups is 1.